The molecule has 0 amide bonds. The maximum Gasteiger partial charge on any atom is 0.155 e. The highest BCUT2D eigenvalue weighted by Gasteiger charge is 2.41. The van der Waals surface area contributed by atoms with Gasteiger partial charge in [-0.1, -0.05) is 0 Å². The minimum atomic E-state index is 0.334. The number of rotatable bonds is 1. The van der Waals surface area contributed by atoms with Crippen LogP contribution in [0.2, 0.25) is 0 Å². The number of halogens is 1. The SMILES string of the molecule is Cc1nc(N2CCC3(CC2)Cc2nccnc2C3)c2ccnn2c1Br. The van der Waals surface area contributed by atoms with Gasteiger partial charge in [-0.05, 0) is 60.0 Å². The standard InChI is InChI=1S/C18H19BrN6/c1-12-16(19)25-15(2-5-22-25)17(23-12)24-8-3-18(4-9-24)10-13-14(11-18)21-7-6-20-13/h2,5-7H,3-4,8-11H2,1H3. The van der Waals surface area contributed by atoms with Gasteiger partial charge >= 0.3 is 0 Å². The molecule has 1 aliphatic carbocycles. The molecular formula is C18H19BrN6. The predicted octanol–water partition coefficient (Wildman–Crippen LogP) is 2.98. The van der Waals surface area contributed by atoms with Crippen LogP contribution < -0.4 is 4.90 Å². The number of fused-ring (bicyclic) bond motifs is 2. The molecule has 0 N–H and O–H groups in total. The fourth-order valence-electron chi connectivity index (χ4n) is 4.29. The molecule has 1 spiro atoms. The number of hydrogen-bond acceptors (Lipinski definition) is 5. The second-order valence-electron chi connectivity index (χ2n) is 7.23. The summed E-state index contributed by atoms with van der Waals surface area (Å²) < 4.78 is 2.86. The van der Waals surface area contributed by atoms with Crippen LogP contribution in [0.1, 0.15) is 29.9 Å². The lowest BCUT2D eigenvalue weighted by atomic mass is 9.76. The fraction of sp³-hybridized carbons (Fsp3) is 0.444. The lowest BCUT2D eigenvalue weighted by molar-refractivity contribution is 0.230. The highest BCUT2D eigenvalue weighted by molar-refractivity contribution is 9.10. The van der Waals surface area contributed by atoms with E-state index in [4.69, 9.17) is 4.98 Å². The maximum atomic E-state index is 4.84. The zero-order chi connectivity index (χ0) is 17.0. The van der Waals surface area contributed by atoms with Crippen molar-refractivity contribution in [2.75, 3.05) is 18.0 Å². The summed E-state index contributed by atoms with van der Waals surface area (Å²) in [6, 6.07) is 2.04. The Kier molecular flexibility index (Phi) is 3.35. The minimum Gasteiger partial charge on any atom is -0.355 e. The van der Waals surface area contributed by atoms with Crippen LogP contribution in [0.25, 0.3) is 5.52 Å². The third-order valence-corrected chi connectivity index (χ3v) is 6.61. The van der Waals surface area contributed by atoms with E-state index in [1.807, 2.05) is 36.1 Å². The van der Waals surface area contributed by atoms with Crippen LogP contribution in [0.3, 0.4) is 0 Å². The van der Waals surface area contributed by atoms with Crippen molar-refractivity contribution in [3.63, 3.8) is 0 Å². The fourth-order valence-corrected chi connectivity index (χ4v) is 4.66. The number of piperidine rings is 1. The molecule has 1 aliphatic heterocycles. The van der Waals surface area contributed by atoms with Crippen molar-refractivity contribution in [1.82, 2.24) is 24.6 Å². The largest absolute Gasteiger partial charge is 0.355 e. The van der Waals surface area contributed by atoms with E-state index in [9.17, 15) is 0 Å². The van der Waals surface area contributed by atoms with E-state index in [1.54, 1.807) is 0 Å². The van der Waals surface area contributed by atoms with E-state index in [-0.39, 0.29) is 0 Å². The molecule has 7 heteroatoms. The van der Waals surface area contributed by atoms with Crippen LogP contribution in [-0.2, 0) is 12.8 Å². The molecule has 1 fully saturated rings. The average molecular weight is 399 g/mol. The molecule has 25 heavy (non-hydrogen) atoms. The molecule has 3 aromatic rings. The quantitative estimate of drug-likeness (QED) is 0.630. The zero-order valence-electron chi connectivity index (χ0n) is 14.1. The molecule has 0 unspecified atom stereocenters. The monoisotopic (exact) mass is 398 g/mol. The van der Waals surface area contributed by atoms with E-state index in [0.717, 1.165) is 60.4 Å². The first-order chi connectivity index (χ1) is 12.2. The molecular weight excluding hydrogens is 380 g/mol. The molecule has 0 radical (unpaired) electrons. The van der Waals surface area contributed by atoms with Crippen LogP contribution in [0.5, 0.6) is 0 Å². The summed E-state index contributed by atoms with van der Waals surface area (Å²) in [6.07, 6.45) is 9.92. The predicted molar refractivity (Wildman–Crippen MR) is 98.7 cm³/mol. The zero-order valence-corrected chi connectivity index (χ0v) is 15.7. The van der Waals surface area contributed by atoms with Crippen LogP contribution in [-0.4, -0.2) is 37.7 Å². The van der Waals surface area contributed by atoms with Gasteiger partial charge in [0.05, 0.1) is 23.3 Å². The highest BCUT2D eigenvalue weighted by Crippen LogP contribution is 2.44. The summed E-state index contributed by atoms with van der Waals surface area (Å²) in [7, 11) is 0. The minimum absolute atomic E-state index is 0.334. The van der Waals surface area contributed by atoms with Crippen molar-refractivity contribution in [2.24, 2.45) is 5.41 Å². The second kappa shape index (κ2) is 5.49. The van der Waals surface area contributed by atoms with Gasteiger partial charge in [-0.3, -0.25) is 9.97 Å². The summed E-state index contributed by atoms with van der Waals surface area (Å²) in [5, 5.41) is 4.42. The Hall–Kier alpha value is -2.02. The number of aromatic nitrogens is 5. The molecule has 3 aromatic heterocycles. The van der Waals surface area contributed by atoms with Crippen molar-refractivity contribution in [1.29, 1.82) is 0 Å². The van der Waals surface area contributed by atoms with E-state index in [2.05, 4.69) is 35.9 Å². The lowest BCUT2D eigenvalue weighted by Gasteiger charge is -2.39. The Balaban J connectivity index is 1.42. The Morgan fingerprint density at radius 2 is 1.72 bits per heavy atom. The van der Waals surface area contributed by atoms with Gasteiger partial charge in [0.15, 0.2) is 5.82 Å². The third-order valence-electron chi connectivity index (χ3n) is 5.70. The van der Waals surface area contributed by atoms with Crippen LogP contribution in [0.15, 0.2) is 29.3 Å². The van der Waals surface area contributed by atoms with Gasteiger partial charge in [0.25, 0.3) is 0 Å². The third kappa shape index (κ3) is 2.36. The molecule has 2 aliphatic rings. The Morgan fingerprint density at radius 1 is 1.04 bits per heavy atom. The number of anilines is 1. The van der Waals surface area contributed by atoms with Crippen molar-refractivity contribution >= 4 is 27.3 Å². The van der Waals surface area contributed by atoms with Gasteiger partial charge in [-0.15, -0.1) is 0 Å². The van der Waals surface area contributed by atoms with E-state index < -0.39 is 0 Å². The van der Waals surface area contributed by atoms with Crippen molar-refractivity contribution in [3.8, 4) is 0 Å². The molecule has 4 heterocycles. The molecule has 0 bridgehead atoms. The summed E-state index contributed by atoms with van der Waals surface area (Å²) >= 11 is 3.59. The van der Waals surface area contributed by atoms with Crippen molar-refractivity contribution in [3.05, 3.63) is 46.3 Å². The topological polar surface area (TPSA) is 59.2 Å². The Labute approximate surface area is 154 Å². The molecule has 5 rings (SSSR count). The van der Waals surface area contributed by atoms with Gasteiger partial charge < -0.3 is 4.90 Å². The number of aryl methyl sites for hydroxylation is 1. The molecule has 1 saturated heterocycles. The van der Waals surface area contributed by atoms with Crippen LogP contribution >= 0.6 is 15.9 Å². The van der Waals surface area contributed by atoms with Crippen LogP contribution in [0, 0.1) is 12.3 Å². The average Bonchev–Trinajstić information content (AvgIpc) is 3.23. The maximum absolute atomic E-state index is 4.84. The lowest BCUT2D eigenvalue weighted by Crippen LogP contribution is -2.41. The molecule has 6 nitrogen and oxygen atoms in total. The summed E-state index contributed by atoms with van der Waals surface area (Å²) in [6.45, 7) is 4.05. The van der Waals surface area contributed by atoms with Gasteiger partial charge in [-0.2, -0.15) is 5.10 Å². The van der Waals surface area contributed by atoms with Gasteiger partial charge in [0.1, 0.15) is 10.1 Å². The second-order valence-corrected chi connectivity index (χ2v) is 7.98. The summed E-state index contributed by atoms with van der Waals surface area (Å²) in [5.74, 6) is 1.04. The van der Waals surface area contributed by atoms with Crippen LogP contribution in [0.4, 0.5) is 5.82 Å². The molecule has 0 aromatic carbocycles. The van der Waals surface area contributed by atoms with E-state index in [0.29, 0.717) is 5.41 Å². The van der Waals surface area contributed by atoms with E-state index in [1.165, 1.54) is 11.4 Å². The first-order valence-electron chi connectivity index (χ1n) is 8.69. The van der Waals surface area contributed by atoms with Crippen molar-refractivity contribution < 1.29 is 0 Å². The van der Waals surface area contributed by atoms with E-state index >= 15 is 0 Å². The number of nitrogens with zero attached hydrogens (tertiary/aromatic N) is 6. The normalized spacial score (nSPS) is 18.9. The van der Waals surface area contributed by atoms with Gasteiger partial charge in [0.2, 0.25) is 0 Å². The van der Waals surface area contributed by atoms with Gasteiger partial charge in [-0.25, -0.2) is 9.50 Å². The first kappa shape index (κ1) is 15.3. The molecule has 0 saturated carbocycles. The Morgan fingerprint density at radius 3 is 2.40 bits per heavy atom. The van der Waals surface area contributed by atoms with Crippen molar-refractivity contribution in [2.45, 2.75) is 32.6 Å². The number of hydrogen-bond donors (Lipinski definition) is 0. The molecule has 0 atom stereocenters. The highest BCUT2D eigenvalue weighted by atomic mass is 79.9. The Bertz CT molecular complexity index is 930. The smallest absolute Gasteiger partial charge is 0.155 e. The first-order valence-corrected chi connectivity index (χ1v) is 9.48. The summed E-state index contributed by atoms with van der Waals surface area (Å²) in [4.78, 5) is 16.3. The van der Waals surface area contributed by atoms with Gasteiger partial charge in [0, 0.05) is 25.5 Å². The molecule has 128 valence electrons. The summed E-state index contributed by atoms with van der Waals surface area (Å²) in [5.41, 5.74) is 4.76.